The summed E-state index contributed by atoms with van der Waals surface area (Å²) < 4.78 is 16.4. The van der Waals surface area contributed by atoms with Crippen LogP contribution in [0.2, 0.25) is 5.02 Å². The Morgan fingerprint density at radius 1 is 1.07 bits per heavy atom. The lowest BCUT2D eigenvalue weighted by molar-refractivity contribution is -0.144. The van der Waals surface area contributed by atoms with E-state index in [1.165, 1.54) is 0 Å². The fourth-order valence-corrected chi connectivity index (χ4v) is 2.76. The molecule has 0 saturated heterocycles. The molecule has 0 bridgehead atoms. The summed E-state index contributed by atoms with van der Waals surface area (Å²) in [6.45, 7) is 3.13. The van der Waals surface area contributed by atoms with Crippen LogP contribution < -0.4 is 9.47 Å². The normalized spacial score (nSPS) is 11.9. The highest BCUT2D eigenvalue weighted by Gasteiger charge is 2.16. The summed E-state index contributed by atoms with van der Waals surface area (Å²) in [7, 11) is 3.52. The minimum Gasteiger partial charge on any atom is -0.497 e. The third kappa shape index (κ3) is 7.12. The molecule has 0 heterocycles. The van der Waals surface area contributed by atoms with Crippen LogP contribution in [0, 0.1) is 0 Å². The maximum atomic E-state index is 11.6. The first-order valence-corrected chi connectivity index (χ1v) is 9.30. The van der Waals surface area contributed by atoms with Gasteiger partial charge in [0, 0.05) is 18.0 Å². The van der Waals surface area contributed by atoms with E-state index in [0.29, 0.717) is 24.6 Å². The van der Waals surface area contributed by atoms with Crippen molar-refractivity contribution in [2.75, 3.05) is 33.9 Å². The van der Waals surface area contributed by atoms with Gasteiger partial charge < -0.3 is 14.2 Å². The van der Waals surface area contributed by atoms with Gasteiger partial charge in [-0.1, -0.05) is 23.7 Å². The number of rotatable bonds is 10. The van der Waals surface area contributed by atoms with Crippen molar-refractivity contribution in [1.29, 1.82) is 0 Å². The Morgan fingerprint density at radius 3 is 2.30 bits per heavy atom. The number of halogens is 1. The summed E-state index contributed by atoms with van der Waals surface area (Å²) in [4.78, 5) is 13.6. The van der Waals surface area contributed by atoms with Gasteiger partial charge in [0.15, 0.2) is 0 Å². The fourth-order valence-electron chi connectivity index (χ4n) is 2.63. The van der Waals surface area contributed by atoms with Crippen LogP contribution in [-0.2, 0) is 9.53 Å². The molecule has 146 valence electrons. The second-order valence-corrected chi connectivity index (χ2v) is 6.60. The molecule has 0 aromatic heterocycles. The lowest BCUT2D eigenvalue weighted by Gasteiger charge is -2.23. The number of esters is 1. The zero-order valence-electron chi connectivity index (χ0n) is 16.0. The van der Waals surface area contributed by atoms with Crippen LogP contribution in [0.4, 0.5) is 0 Å². The zero-order valence-corrected chi connectivity index (χ0v) is 16.7. The number of nitrogens with zero attached hydrogens (tertiary/aromatic N) is 1. The highest BCUT2D eigenvalue weighted by atomic mass is 35.5. The van der Waals surface area contributed by atoms with Crippen LogP contribution in [0.3, 0.4) is 0 Å². The van der Waals surface area contributed by atoms with Crippen LogP contribution in [0.5, 0.6) is 11.5 Å². The largest absolute Gasteiger partial charge is 0.497 e. The summed E-state index contributed by atoms with van der Waals surface area (Å²) >= 11 is 6.01. The molecule has 2 rings (SSSR count). The lowest BCUT2D eigenvalue weighted by Crippen LogP contribution is -2.29. The topological polar surface area (TPSA) is 48.0 Å². The van der Waals surface area contributed by atoms with Crippen molar-refractivity contribution in [1.82, 2.24) is 4.90 Å². The highest BCUT2D eigenvalue weighted by molar-refractivity contribution is 6.30. The van der Waals surface area contributed by atoms with Gasteiger partial charge in [-0.15, -0.1) is 0 Å². The minimum absolute atomic E-state index is 0.166. The maximum absolute atomic E-state index is 11.6. The van der Waals surface area contributed by atoms with E-state index in [-0.39, 0.29) is 18.6 Å². The van der Waals surface area contributed by atoms with E-state index < -0.39 is 0 Å². The van der Waals surface area contributed by atoms with E-state index in [9.17, 15) is 4.79 Å². The third-order valence-electron chi connectivity index (χ3n) is 4.06. The molecule has 0 saturated carbocycles. The molecule has 0 fully saturated rings. The number of benzene rings is 2. The van der Waals surface area contributed by atoms with E-state index in [1.54, 1.807) is 14.0 Å². The summed E-state index contributed by atoms with van der Waals surface area (Å²) in [6, 6.07) is 15.1. The second kappa shape index (κ2) is 10.8. The van der Waals surface area contributed by atoms with E-state index >= 15 is 0 Å². The van der Waals surface area contributed by atoms with Crippen molar-refractivity contribution in [3.63, 3.8) is 0 Å². The molecule has 1 atom stereocenters. The maximum Gasteiger partial charge on any atom is 0.320 e. The van der Waals surface area contributed by atoms with Gasteiger partial charge in [-0.3, -0.25) is 9.69 Å². The van der Waals surface area contributed by atoms with Gasteiger partial charge in [0.25, 0.3) is 0 Å². The van der Waals surface area contributed by atoms with E-state index in [4.69, 9.17) is 25.8 Å². The molecule has 5 nitrogen and oxygen atoms in total. The Balaban J connectivity index is 2.05. The molecule has 2 aromatic carbocycles. The molecule has 2 aromatic rings. The van der Waals surface area contributed by atoms with E-state index in [1.807, 2.05) is 60.5 Å². The summed E-state index contributed by atoms with van der Waals surface area (Å²) in [6.07, 6.45) is 0.545. The van der Waals surface area contributed by atoms with Gasteiger partial charge in [-0.05, 0) is 55.9 Å². The lowest BCUT2D eigenvalue weighted by atomic mass is 10.1. The minimum atomic E-state index is -0.223. The predicted molar refractivity (Wildman–Crippen MR) is 107 cm³/mol. The average Bonchev–Trinajstić information content (AvgIpc) is 2.66. The quantitative estimate of drug-likeness (QED) is 0.563. The molecule has 0 aliphatic rings. The van der Waals surface area contributed by atoms with Crippen LogP contribution in [0.15, 0.2) is 48.5 Å². The molecular weight excluding hydrogens is 366 g/mol. The van der Waals surface area contributed by atoms with Crippen molar-refractivity contribution >= 4 is 17.6 Å². The van der Waals surface area contributed by atoms with E-state index in [2.05, 4.69) is 0 Å². The van der Waals surface area contributed by atoms with Crippen molar-refractivity contribution in [3.05, 3.63) is 59.1 Å². The molecule has 6 heteroatoms. The van der Waals surface area contributed by atoms with Gasteiger partial charge in [0.1, 0.15) is 17.6 Å². The summed E-state index contributed by atoms with van der Waals surface area (Å²) in [5.41, 5.74) is 1.03. The van der Waals surface area contributed by atoms with Crippen LogP contribution in [-0.4, -0.2) is 44.7 Å². The van der Waals surface area contributed by atoms with Crippen molar-refractivity contribution in [3.8, 4) is 11.5 Å². The Kier molecular flexibility index (Phi) is 8.43. The third-order valence-corrected chi connectivity index (χ3v) is 4.31. The van der Waals surface area contributed by atoms with Crippen molar-refractivity contribution < 1.29 is 19.0 Å². The molecule has 0 amide bonds. The molecule has 0 aliphatic carbocycles. The zero-order chi connectivity index (χ0) is 19.6. The van der Waals surface area contributed by atoms with Crippen molar-refractivity contribution in [2.45, 2.75) is 19.4 Å². The Bertz CT molecular complexity index is 703. The fraction of sp³-hybridized carbons (Fsp3) is 0.381. The predicted octanol–water partition coefficient (Wildman–Crippen LogP) is 4.35. The summed E-state index contributed by atoms with van der Waals surface area (Å²) in [5, 5.41) is 0.682. The Labute approximate surface area is 165 Å². The first kappa shape index (κ1) is 21.1. The number of hydrogen-bond acceptors (Lipinski definition) is 5. The Morgan fingerprint density at radius 2 is 1.70 bits per heavy atom. The molecule has 0 N–H and O–H groups in total. The van der Waals surface area contributed by atoms with Gasteiger partial charge in [0.2, 0.25) is 0 Å². The standard InChI is InChI=1S/C21H26ClNO4/c1-4-26-21(24)15-23(2)14-13-20(16-5-7-17(22)8-6-16)27-19-11-9-18(25-3)10-12-19/h5-12,20H,4,13-15H2,1-3H3. The Hall–Kier alpha value is -2.24. The number of carbonyl (C=O) groups is 1. The van der Waals surface area contributed by atoms with Gasteiger partial charge in [0.05, 0.1) is 20.3 Å². The SMILES string of the molecule is CCOC(=O)CN(C)CCC(Oc1ccc(OC)cc1)c1ccc(Cl)cc1. The number of hydrogen-bond donors (Lipinski definition) is 0. The smallest absolute Gasteiger partial charge is 0.320 e. The second-order valence-electron chi connectivity index (χ2n) is 6.17. The van der Waals surface area contributed by atoms with Gasteiger partial charge in [-0.2, -0.15) is 0 Å². The first-order chi connectivity index (χ1) is 13.0. The molecule has 0 spiro atoms. The molecule has 1 unspecified atom stereocenters. The summed E-state index contributed by atoms with van der Waals surface area (Å²) in [5.74, 6) is 1.31. The molecule has 0 radical (unpaired) electrons. The molecular formula is C21H26ClNO4. The first-order valence-electron chi connectivity index (χ1n) is 8.92. The average molecular weight is 392 g/mol. The van der Waals surface area contributed by atoms with Crippen LogP contribution in [0.25, 0.3) is 0 Å². The number of methoxy groups -OCH3 is 1. The number of ether oxygens (including phenoxy) is 3. The van der Waals surface area contributed by atoms with Gasteiger partial charge in [-0.25, -0.2) is 0 Å². The highest BCUT2D eigenvalue weighted by Crippen LogP contribution is 2.27. The monoisotopic (exact) mass is 391 g/mol. The van der Waals surface area contributed by atoms with Crippen molar-refractivity contribution in [2.24, 2.45) is 0 Å². The van der Waals surface area contributed by atoms with Gasteiger partial charge >= 0.3 is 5.97 Å². The van der Waals surface area contributed by atoms with Crippen LogP contribution >= 0.6 is 11.6 Å². The van der Waals surface area contributed by atoms with E-state index in [0.717, 1.165) is 17.1 Å². The van der Waals surface area contributed by atoms with Crippen LogP contribution in [0.1, 0.15) is 25.0 Å². The number of likely N-dealkylation sites (N-methyl/N-ethyl adjacent to an activating group) is 1. The number of carbonyl (C=O) groups excluding carboxylic acids is 1. The molecule has 0 aliphatic heterocycles. The molecule has 27 heavy (non-hydrogen) atoms.